The van der Waals surface area contributed by atoms with E-state index in [0.29, 0.717) is 11.8 Å². The summed E-state index contributed by atoms with van der Waals surface area (Å²) in [6.45, 7) is 0.952. The Labute approximate surface area is 73.2 Å². The van der Waals surface area contributed by atoms with Crippen molar-refractivity contribution in [1.82, 2.24) is 4.90 Å². The number of fused-ring (bicyclic) bond motifs is 1. The van der Waals surface area contributed by atoms with E-state index in [0.717, 1.165) is 13.0 Å². The summed E-state index contributed by atoms with van der Waals surface area (Å²) in [4.78, 5) is 13.5. The fraction of sp³-hybridized carbons (Fsp3) is 0.700. The number of hydrogen-bond donors (Lipinski definition) is 0. The molecule has 0 aromatic carbocycles. The average Bonchev–Trinajstić information content (AvgIpc) is 2.12. The molecule has 2 heteroatoms. The summed E-state index contributed by atoms with van der Waals surface area (Å²) in [6.07, 6.45) is 7.82. The first kappa shape index (κ1) is 7.84. The molecule has 2 rings (SSSR count). The molecule has 2 nitrogen and oxygen atoms in total. The van der Waals surface area contributed by atoms with Crippen molar-refractivity contribution in [3.05, 3.63) is 12.2 Å². The van der Waals surface area contributed by atoms with Crippen LogP contribution in [0.4, 0.5) is 0 Å². The molecule has 1 aliphatic carbocycles. The second kappa shape index (κ2) is 2.92. The molecule has 0 unspecified atom stereocenters. The molecule has 1 fully saturated rings. The number of rotatable bonds is 0. The summed E-state index contributed by atoms with van der Waals surface area (Å²) in [7, 11) is 1.90. The standard InChI is InChI=1S/C10H15NO/c1-11-7-6-8-4-2-3-5-9(8)10(11)12/h3,5,8-9H,2,4,6-7H2,1H3/t8-,9-/m0/s1. The van der Waals surface area contributed by atoms with Gasteiger partial charge in [-0.15, -0.1) is 0 Å². The van der Waals surface area contributed by atoms with Gasteiger partial charge >= 0.3 is 0 Å². The molecule has 1 heterocycles. The van der Waals surface area contributed by atoms with Gasteiger partial charge in [-0.25, -0.2) is 0 Å². The molecule has 0 N–H and O–H groups in total. The zero-order chi connectivity index (χ0) is 8.55. The number of nitrogens with zero attached hydrogens (tertiary/aromatic N) is 1. The number of piperidine rings is 1. The summed E-state index contributed by atoms with van der Waals surface area (Å²) >= 11 is 0. The monoisotopic (exact) mass is 165 g/mol. The van der Waals surface area contributed by atoms with Gasteiger partial charge in [-0.1, -0.05) is 12.2 Å². The smallest absolute Gasteiger partial charge is 0.229 e. The molecule has 0 saturated carbocycles. The number of allylic oxidation sites excluding steroid dienone is 1. The van der Waals surface area contributed by atoms with Gasteiger partial charge in [-0.2, -0.15) is 0 Å². The Morgan fingerprint density at radius 1 is 1.50 bits per heavy atom. The molecule has 0 bridgehead atoms. The van der Waals surface area contributed by atoms with Gasteiger partial charge in [0.25, 0.3) is 0 Å². The lowest BCUT2D eigenvalue weighted by Gasteiger charge is -2.36. The highest BCUT2D eigenvalue weighted by Crippen LogP contribution is 2.32. The topological polar surface area (TPSA) is 20.3 Å². The molecule has 1 amide bonds. The van der Waals surface area contributed by atoms with Crippen LogP contribution in [-0.4, -0.2) is 24.4 Å². The van der Waals surface area contributed by atoms with E-state index in [1.807, 2.05) is 11.9 Å². The summed E-state index contributed by atoms with van der Waals surface area (Å²) in [5.41, 5.74) is 0. The van der Waals surface area contributed by atoms with Gasteiger partial charge in [0.1, 0.15) is 0 Å². The van der Waals surface area contributed by atoms with Crippen molar-refractivity contribution >= 4 is 5.91 Å². The van der Waals surface area contributed by atoms with Crippen LogP contribution in [0, 0.1) is 11.8 Å². The maximum atomic E-state index is 11.6. The van der Waals surface area contributed by atoms with E-state index in [9.17, 15) is 4.79 Å². The van der Waals surface area contributed by atoms with Crippen LogP contribution in [0.2, 0.25) is 0 Å². The normalized spacial score (nSPS) is 35.1. The predicted molar refractivity (Wildman–Crippen MR) is 47.6 cm³/mol. The second-order valence-corrected chi connectivity index (χ2v) is 3.84. The maximum Gasteiger partial charge on any atom is 0.229 e. The van der Waals surface area contributed by atoms with Crippen LogP contribution < -0.4 is 0 Å². The first-order valence-electron chi connectivity index (χ1n) is 4.70. The Morgan fingerprint density at radius 3 is 3.17 bits per heavy atom. The maximum absolute atomic E-state index is 11.6. The molecule has 0 radical (unpaired) electrons. The number of amides is 1. The van der Waals surface area contributed by atoms with Crippen LogP contribution in [0.15, 0.2) is 12.2 Å². The van der Waals surface area contributed by atoms with Crippen LogP contribution in [-0.2, 0) is 4.79 Å². The SMILES string of the molecule is CN1CC[C@@H]2CCC=C[C@@H]2C1=O. The van der Waals surface area contributed by atoms with Crippen molar-refractivity contribution < 1.29 is 4.79 Å². The van der Waals surface area contributed by atoms with E-state index < -0.39 is 0 Å². The third kappa shape index (κ3) is 1.15. The van der Waals surface area contributed by atoms with Gasteiger partial charge in [0, 0.05) is 13.6 Å². The molecule has 2 aliphatic rings. The highest BCUT2D eigenvalue weighted by molar-refractivity contribution is 5.81. The van der Waals surface area contributed by atoms with Gasteiger partial charge in [-0.05, 0) is 25.2 Å². The van der Waals surface area contributed by atoms with Crippen LogP contribution >= 0.6 is 0 Å². The van der Waals surface area contributed by atoms with Crippen molar-refractivity contribution in [2.75, 3.05) is 13.6 Å². The summed E-state index contributed by atoms with van der Waals surface area (Å²) in [5, 5.41) is 0. The van der Waals surface area contributed by atoms with Gasteiger partial charge in [0.2, 0.25) is 5.91 Å². The Bertz CT molecular complexity index is 222. The number of likely N-dealkylation sites (tertiary alicyclic amines) is 1. The van der Waals surface area contributed by atoms with Crippen LogP contribution in [0.5, 0.6) is 0 Å². The molecular weight excluding hydrogens is 150 g/mol. The molecule has 1 saturated heterocycles. The van der Waals surface area contributed by atoms with Crippen molar-refractivity contribution in [2.24, 2.45) is 11.8 Å². The number of hydrogen-bond acceptors (Lipinski definition) is 1. The molecule has 66 valence electrons. The fourth-order valence-electron chi connectivity index (χ4n) is 2.22. The van der Waals surface area contributed by atoms with E-state index in [-0.39, 0.29) is 5.92 Å². The van der Waals surface area contributed by atoms with E-state index in [1.165, 1.54) is 12.8 Å². The highest BCUT2D eigenvalue weighted by atomic mass is 16.2. The lowest BCUT2D eigenvalue weighted by Crippen LogP contribution is -2.43. The Hall–Kier alpha value is -0.790. The van der Waals surface area contributed by atoms with Crippen molar-refractivity contribution in [2.45, 2.75) is 19.3 Å². The van der Waals surface area contributed by atoms with Gasteiger partial charge in [-0.3, -0.25) is 4.79 Å². The average molecular weight is 165 g/mol. The zero-order valence-electron chi connectivity index (χ0n) is 7.49. The number of carbonyl (C=O) groups is 1. The molecular formula is C10H15NO. The quantitative estimate of drug-likeness (QED) is 0.497. The molecule has 0 aromatic rings. The summed E-state index contributed by atoms with van der Waals surface area (Å²) < 4.78 is 0. The molecule has 0 spiro atoms. The molecule has 0 aromatic heterocycles. The Morgan fingerprint density at radius 2 is 2.33 bits per heavy atom. The van der Waals surface area contributed by atoms with Gasteiger partial charge in [0.15, 0.2) is 0 Å². The zero-order valence-corrected chi connectivity index (χ0v) is 7.49. The van der Waals surface area contributed by atoms with E-state index in [4.69, 9.17) is 0 Å². The van der Waals surface area contributed by atoms with Crippen LogP contribution in [0.3, 0.4) is 0 Å². The highest BCUT2D eigenvalue weighted by Gasteiger charge is 2.33. The Balaban J connectivity index is 2.17. The minimum absolute atomic E-state index is 0.206. The molecule has 1 aliphatic heterocycles. The van der Waals surface area contributed by atoms with Crippen LogP contribution in [0.1, 0.15) is 19.3 Å². The van der Waals surface area contributed by atoms with E-state index >= 15 is 0 Å². The van der Waals surface area contributed by atoms with Gasteiger partial charge in [0.05, 0.1) is 5.92 Å². The summed E-state index contributed by atoms with van der Waals surface area (Å²) in [5.74, 6) is 1.17. The third-order valence-electron chi connectivity index (χ3n) is 3.05. The van der Waals surface area contributed by atoms with E-state index in [2.05, 4.69) is 12.2 Å². The van der Waals surface area contributed by atoms with Crippen molar-refractivity contribution in [3.8, 4) is 0 Å². The predicted octanol–water partition coefficient (Wildman–Crippen LogP) is 1.43. The summed E-state index contributed by atoms with van der Waals surface area (Å²) in [6, 6.07) is 0. The fourth-order valence-corrected chi connectivity index (χ4v) is 2.22. The second-order valence-electron chi connectivity index (χ2n) is 3.84. The largest absolute Gasteiger partial charge is 0.345 e. The molecule has 2 atom stereocenters. The van der Waals surface area contributed by atoms with Crippen molar-refractivity contribution in [3.63, 3.8) is 0 Å². The first-order chi connectivity index (χ1) is 5.79. The Kier molecular flexibility index (Phi) is 1.91. The van der Waals surface area contributed by atoms with Gasteiger partial charge < -0.3 is 4.90 Å². The third-order valence-corrected chi connectivity index (χ3v) is 3.05. The first-order valence-corrected chi connectivity index (χ1v) is 4.70. The van der Waals surface area contributed by atoms with Crippen molar-refractivity contribution in [1.29, 1.82) is 0 Å². The molecule has 12 heavy (non-hydrogen) atoms. The minimum Gasteiger partial charge on any atom is -0.345 e. The van der Waals surface area contributed by atoms with E-state index in [1.54, 1.807) is 0 Å². The lowest BCUT2D eigenvalue weighted by molar-refractivity contribution is -0.137. The minimum atomic E-state index is 0.206. The van der Waals surface area contributed by atoms with Crippen LogP contribution in [0.25, 0.3) is 0 Å². The lowest BCUT2D eigenvalue weighted by atomic mass is 9.78. The number of carbonyl (C=O) groups excluding carboxylic acids is 1.